The van der Waals surface area contributed by atoms with Crippen molar-refractivity contribution in [2.24, 2.45) is 0 Å². The van der Waals surface area contributed by atoms with Gasteiger partial charge in [-0.2, -0.15) is 0 Å². The molecule has 40 valence electrons. The van der Waals surface area contributed by atoms with Gasteiger partial charge in [0.1, 0.15) is 0 Å². The van der Waals surface area contributed by atoms with Gasteiger partial charge in [-0.05, 0) is 0 Å². The van der Waals surface area contributed by atoms with Gasteiger partial charge < -0.3 is 0 Å². The Morgan fingerprint density at radius 3 is 1.43 bits per heavy atom. The molecule has 0 saturated heterocycles. The fourth-order valence-corrected chi connectivity index (χ4v) is 0. The van der Waals surface area contributed by atoms with E-state index in [2.05, 4.69) is 29.9 Å². The normalized spacial score (nSPS) is 10.3. The van der Waals surface area contributed by atoms with Crippen LogP contribution in [-0.4, -0.2) is 18.3 Å². The van der Waals surface area contributed by atoms with Gasteiger partial charge in [0.2, 0.25) is 0 Å². The summed E-state index contributed by atoms with van der Waals surface area (Å²) in [6.45, 7) is 7.17. The molecule has 0 aromatic carbocycles. The zero-order valence-corrected chi connectivity index (χ0v) is 10.7. The summed E-state index contributed by atoms with van der Waals surface area (Å²) in [5, 5.41) is 0. The molecule has 0 spiro atoms. The van der Waals surface area contributed by atoms with E-state index in [1.165, 1.54) is 5.67 Å². The van der Waals surface area contributed by atoms with Crippen LogP contribution in [0.3, 0.4) is 0 Å². The van der Waals surface area contributed by atoms with Crippen LogP contribution in [0.25, 0.3) is 0 Å². The average molecular weight is 206 g/mol. The fraction of sp³-hybridized carbons (Fsp3) is 1.00. The molecule has 0 aliphatic carbocycles. The summed E-state index contributed by atoms with van der Waals surface area (Å²) in [7, 11) is 1.48. The first-order valence-corrected chi connectivity index (χ1v) is 7.06. The molecule has 3 heteroatoms. The van der Waals surface area contributed by atoms with E-state index in [0.717, 1.165) is 0 Å². The Balaban J connectivity index is 0. The van der Waals surface area contributed by atoms with Crippen LogP contribution < -0.4 is 0 Å². The number of rotatable bonds is 1. The minimum absolute atomic E-state index is 0. The van der Waals surface area contributed by atoms with Crippen LogP contribution in [0.15, 0.2) is 0 Å². The monoisotopic (exact) mass is 206 g/mol. The summed E-state index contributed by atoms with van der Waals surface area (Å²) < 4.78 is 0. The van der Waals surface area contributed by atoms with Gasteiger partial charge in [0.15, 0.2) is 0 Å². The summed E-state index contributed by atoms with van der Waals surface area (Å²) in [6, 6.07) is 0. The molecule has 0 amide bonds. The van der Waals surface area contributed by atoms with E-state index in [0.29, 0.717) is 0 Å². The smallest absolute Gasteiger partial charge is 0.0409 e. The van der Waals surface area contributed by atoms with Gasteiger partial charge >= 0.3 is 0 Å². The molecular weight excluding hydrogens is 193 g/mol. The molecule has 0 unspecified atom stereocenters. The zero-order chi connectivity index (χ0) is 5.21. The van der Waals surface area contributed by atoms with Crippen molar-refractivity contribution < 1.29 is 32.7 Å². The van der Waals surface area contributed by atoms with E-state index in [1.54, 1.807) is 0 Å². The van der Waals surface area contributed by atoms with Crippen LogP contribution in [0.4, 0.5) is 0 Å². The van der Waals surface area contributed by atoms with Crippen LogP contribution in [0.2, 0.25) is 25.3 Å². The second-order valence-electron chi connectivity index (χ2n) is 2.81. The second kappa shape index (κ2) is 4.42. The Labute approximate surface area is 75.8 Å². The van der Waals surface area contributed by atoms with E-state index in [1.807, 2.05) is 0 Å². The van der Waals surface area contributed by atoms with Gasteiger partial charge in [0.25, 0.3) is 0 Å². The third-order valence-corrected chi connectivity index (χ3v) is 6.75. The van der Waals surface area contributed by atoms with Gasteiger partial charge in [-0.1, -0.05) is 25.3 Å². The largest absolute Gasteiger partial charge is 0.0698 e. The van der Waals surface area contributed by atoms with Gasteiger partial charge in [-0.15, -0.1) is 0 Å². The SMILES string of the molecule is C[Si](C)(C)C[SiH2].[Y]. The van der Waals surface area contributed by atoms with Gasteiger partial charge in [-0.3, -0.25) is 0 Å². The second-order valence-corrected chi connectivity index (χ2v) is 9.93. The first kappa shape index (κ1) is 11.3. The Hall–Kier alpha value is 1.54. The van der Waals surface area contributed by atoms with Crippen molar-refractivity contribution >= 4 is 18.3 Å². The van der Waals surface area contributed by atoms with Crippen molar-refractivity contribution in [3.05, 3.63) is 0 Å². The Morgan fingerprint density at radius 2 is 1.43 bits per heavy atom. The zero-order valence-electron chi connectivity index (χ0n) is 5.49. The molecule has 2 radical (unpaired) electrons. The first-order valence-electron chi connectivity index (χ1n) is 2.35. The summed E-state index contributed by atoms with van der Waals surface area (Å²) in [4.78, 5) is 0. The first-order chi connectivity index (χ1) is 2.56. The maximum atomic E-state index is 2.39. The maximum absolute atomic E-state index is 2.39. The van der Waals surface area contributed by atoms with Crippen molar-refractivity contribution in [3.63, 3.8) is 0 Å². The minimum Gasteiger partial charge on any atom is -0.0698 e. The fourth-order valence-electron chi connectivity index (χ4n) is 0. The molecule has 0 fully saturated rings. The predicted molar refractivity (Wildman–Crippen MR) is 36.7 cm³/mol. The van der Waals surface area contributed by atoms with E-state index in [-0.39, 0.29) is 32.7 Å². The number of hydrogen-bond acceptors (Lipinski definition) is 0. The summed E-state index contributed by atoms with van der Waals surface area (Å²) in [5.74, 6) is 0. The van der Waals surface area contributed by atoms with Crippen LogP contribution >= 0.6 is 0 Å². The van der Waals surface area contributed by atoms with E-state index in [9.17, 15) is 0 Å². The van der Waals surface area contributed by atoms with E-state index in [4.69, 9.17) is 0 Å². The molecule has 0 aliphatic heterocycles. The van der Waals surface area contributed by atoms with Crippen LogP contribution in [0.5, 0.6) is 0 Å². The topological polar surface area (TPSA) is 0 Å². The third-order valence-electron chi connectivity index (χ3n) is 0.750. The summed E-state index contributed by atoms with van der Waals surface area (Å²) in [6.07, 6.45) is 0. The molecular formula is C4H13Si2Y. The van der Waals surface area contributed by atoms with Crippen LogP contribution in [0.1, 0.15) is 0 Å². The van der Waals surface area contributed by atoms with Gasteiger partial charge in [0, 0.05) is 51.0 Å². The molecule has 0 nitrogen and oxygen atoms in total. The van der Waals surface area contributed by atoms with Crippen molar-refractivity contribution in [2.45, 2.75) is 25.3 Å². The molecule has 0 atom stereocenters. The standard InChI is InChI=1S/C4H13Si2.Y/c1-6(2,3)4-5;/h4-5H2,1-3H3;. The van der Waals surface area contributed by atoms with Crippen LogP contribution in [0, 0.1) is 0 Å². The Kier molecular flexibility index (Phi) is 7.17. The Morgan fingerprint density at radius 1 is 1.29 bits per heavy atom. The summed E-state index contributed by atoms with van der Waals surface area (Å²) in [5.41, 5.74) is 1.44. The number of hydrogen-bond donors (Lipinski definition) is 0. The van der Waals surface area contributed by atoms with Crippen LogP contribution in [-0.2, 0) is 32.7 Å². The van der Waals surface area contributed by atoms with Gasteiger partial charge in [0.05, 0.1) is 0 Å². The Bertz CT molecular complexity index is 39.4. The average Bonchev–Trinajstić information content (AvgIpc) is 1.35. The third kappa shape index (κ3) is 11.2. The molecule has 0 aromatic heterocycles. The molecule has 0 bridgehead atoms. The van der Waals surface area contributed by atoms with E-state index < -0.39 is 8.07 Å². The maximum Gasteiger partial charge on any atom is 0.0409 e. The molecule has 7 heavy (non-hydrogen) atoms. The molecule has 0 rings (SSSR count). The summed E-state index contributed by atoms with van der Waals surface area (Å²) >= 11 is 0. The van der Waals surface area contributed by atoms with E-state index >= 15 is 0 Å². The van der Waals surface area contributed by atoms with Gasteiger partial charge in [-0.25, -0.2) is 0 Å². The quantitative estimate of drug-likeness (QED) is 0.559. The molecule has 0 heterocycles. The van der Waals surface area contributed by atoms with Crippen molar-refractivity contribution in [1.82, 2.24) is 0 Å². The molecule has 0 aliphatic rings. The minimum atomic E-state index is -0.619. The molecule has 0 saturated carbocycles. The van der Waals surface area contributed by atoms with Crippen molar-refractivity contribution in [1.29, 1.82) is 0 Å². The molecule has 0 N–H and O–H groups in total. The van der Waals surface area contributed by atoms with Crippen molar-refractivity contribution in [3.8, 4) is 0 Å². The van der Waals surface area contributed by atoms with Crippen molar-refractivity contribution in [2.75, 3.05) is 0 Å². The predicted octanol–water partition coefficient (Wildman–Crippen LogP) is 0.913. The molecule has 0 aromatic rings.